The number of hydrogen-bond acceptors (Lipinski definition) is 2. The third-order valence-corrected chi connectivity index (χ3v) is 2.00. The normalized spacial score (nSPS) is 12.0. The van der Waals surface area contributed by atoms with Crippen molar-refractivity contribution < 1.29 is 17.9 Å². The van der Waals surface area contributed by atoms with Crippen LogP contribution in [0.2, 0.25) is 0 Å². The van der Waals surface area contributed by atoms with E-state index in [2.05, 4.69) is 9.73 Å². The van der Waals surface area contributed by atoms with Gasteiger partial charge < -0.3 is 4.74 Å². The third kappa shape index (κ3) is 5.94. The van der Waals surface area contributed by atoms with Gasteiger partial charge in [0.15, 0.2) is 0 Å². The molecule has 0 atom stereocenters. The van der Waals surface area contributed by atoms with Crippen LogP contribution in [0.25, 0.3) is 0 Å². The highest BCUT2D eigenvalue weighted by Crippen LogP contribution is 2.22. The van der Waals surface area contributed by atoms with Crippen LogP contribution in [0, 0.1) is 0 Å². The first-order valence-electron chi connectivity index (χ1n) is 5.34. The van der Waals surface area contributed by atoms with E-state index in [9.17, 15) is 13.2 Å². The predicted molar refractivity (Wildman–Crippen MR) is 60.5 cm³/mol. The molecule has 0 aliphatic carbocycles. The smallest absolute Gasteiger partial charge is 0.406 e. The van der Waals surface area contributed by atoms with Crippen LogP contribution in [0.5, 0.6) is 5.75 Å². The fourth-order valence-electron chi connectivity index (χ4n) is 1.27. The Kier molecular flexibility index (Phi) is 5.00. The average Bonchev–Trinajstić information content (AvgIpc) is 2.25. The SMILES string of the molecule is CCC=NCCc1ccc(OC(F)(F)F)cc1. The maximum absolute atomic E-state index is 11.9. The van der Waals surface area contributed by atoms with Gasteiger partial charge in [0, 0.05) is 6.54 Å². The zero-order valence-corrected chi connectivity index (χ0v) is 9.50. The van der Waals surface area contributed by atoms with Crippen LogP contribution in [0.1, 0.15) is 18.9 Å². The van der Waals surface area contributed by atoms with Crippen molar-refractivity contribution in [3.8, 4) is 5.75 Å². The maximum atomic E-state index is 11.9. The molecule has 0 aliphatic rings. The van der Waals surface area contributed by atoms with Crippen molar-refractivity contribution in [2.24, 2.45) is 4.99 Å². The second-order valence-corrected chi connectivity index (χ2v) is 3.44. The summed E-state index contributed by atoms with van der Waals surface area (Å²) in [7, 11) is 0. The van der Waals surface area contributed by atoms with Crippen molar-refractivity contribution in [1.29, 1.82) is 0 Å². The van der Waals surface area contributed by atoms with Gasteiger partial charge in [-0.2, -0.15) is 0 Å². The number of ether oxygens (including phenoxy) is 1. The molecule has 0 unspecified atom stereocenters. The number of rotatable bonds is 5. The molecule has 1 aromatic rings. The van der Waals surface area contributed by atoms with Gasteiger partial charge >= 0.3 is 6.36 Å². The Morgan fingerprint density at radius 2 is 1.88 bits per heavy atom. The fraction of sp³-hybridized carbons (Fsp3) is 0.417. The molecule has 0 bridgehead atoms. The summed E-state index contributed by atoms with van der Waals surface area (Å²) in [6.45, 7) is 2.64. The van der Waals surface area contributed by atoms with Crippen LogP contribution in [0.15, 0.2) is 29.3 Å². The summed E-state index contributed by atoms with van der Waals surface area (Å²) in [5, 5.41) is 0. The maximum Gasteiger partial charge on any atom is 0.573 e. The lowest BCUT2D eigenvalue weighted by atomic mass is 10.1. The van der Waals surface area contributed by atoms with E-state index < -0.39 is 6.36 Å². The van der Waals surface area contributed by atoms with Gasteiger partial charge in [-0.1, -0.05) is 19.1 Å². The standard InChI is InChI=1S/C12H14F3NO/c1-2-8-16-9-7-10-3-5-11(6-4-10)17-12(13,14)15/h3-6,8H,2,7,9H2,1H3. The topological polar surface area (TPSA) is 21.6 Å². The van der Waals surface area contributed by atoms with Crippen LogP contribution in [0.3, 0.4) is 0 Å². The molecule has 94 valence electrons. The number of alkyl halides is 3. The molecule has 0 fully saturated rings. The Hall–Kier alpha value is -1.52. The summed E-state index contributed by atoms with van der Waals surface area (Å²) in [6, 6.07) is 5.85. The van der Waals surface area contributed by atoms with Crippen molar-refractivity contribution in [3.63, 3.8) is 0 Å². The quantitative estimate of drug-likeness (QED) is 0.726. The van der Waals surface area contributed by atoms with Crippen molar-refractivity contribution in [3.05, 3.63) is 29.8 Å². The van der Waals surface area contributed by atoms with E-state index in [4.69, 9.17) is 0 Å². The van der Waals surface area contributed by atoms with E-state index >= 15 is 0 Å². The molecular formula is C12H14F3NO. The largest absolute Gasteiger partial charge is 0.573 e. The number of benzene rings is 1. The molecule has 1 aromatic carbocycles. The fourth-order valence-corrected chi connectivity index (χ4v) is 1.27. The lowest BCUT2D eigenvalue weighted by Crippen LogP contribution is -2.17. The van der Waals surface area contributed by atoms with Crippen molar-refractivity contribution in [1.82, 2.24) is 0 Å². The zero-order chi connectivity index (χ0) is 12.7. The van der Waals surface area contributed by atoms with Crippen molar-refractivity contribution in [2.45, 2.75) is 26.1 Å². The monoisotopic (exact) mass is 245 g/mol. The van der Waals surface area contributed by atoms with Gasteiger partial charge in [-0.25, -0.2) is 0 Å². The first-order valence-corrected chi connectivity index (χ1v) is 5.34. The molecule has 0 spiro atoms. The first-order chi connectivity index (χ1) is 8.01. The third-order valence-electron chi connectivity index (χ3n) is 2.00. The predicted octanol–water partition coefficient (Wildman–Crippen LogP) is 3.61. The molecule has 17 heavy (non-hydrogen) atoms. The van der Waals surface area contributed by atoms with Crippen LogP contribution < -0.4 is 4.74 Å². The Balaban J connectivity index is 2.47. The van der Waals surface area contributed by atoms with E-state index in [0.29, 0.717) is 13.0 Å². The van der Waals surface area contributed by atoms with E-state index in [1.165, 1.54) is 12.1 Å². The second kappa shape index (κ2) is 6.27. The highest BCUT2D eigenvalue weighted by molar-refractivity contribution is 5.56. The summed E-state index contributed by atoms with van der Waals surface area (Å²) >= 11 is 0. The van der Waals surface area contributed by atoms with Crippen LogP contribution in [0.4, 0.5) is 13.2 Å². The Labute approximate surface area is 98.1 Å². The summed E-state index contributed by atoms with van der Waals surface area (Å²) in [5.74, 6) is -0.196. The van der Waals surface area contributed by atoms with Crippen molar-refractivity contribution in [2.75, 3.05) is 6.54 Å². The van der Waals surface area contributed by atoms with Gasteiger partial charge in [0.2, 0.25) is 0 Å². The molecule has 5 heteroatoms. The second-order valence-electron chi connectivity index (χ2n) is 3.44. The molecule has 1 rings (SSSR count). The van der Waals surface area contributed by atoms with Gasteiger partial charge in [-0.05, 0) is 36.8 Å². The number of nitrogens with zero attached hydrogens (tertiary/aromatic N) is 1. The molecule has 0 aromatic heterocycles. The molecule has 0 saturated heterocycles. The van der Waals surface area contributed by atoms with E-state index in [1.807, 2.05) is 13.1 Å². The lowest BCUT2D eigenvalue weighted by molar-refractivity contribution is -0.274. The molecule has 0 aliphatic heterocycles. The van der Waals surface area contributed by atoms with Crippen LogP contribution in [-0.4, -0.2) is 19.1 Å². The Morgan fingerprint density at radius 3 is 2.41 bits per heavy atom. The first kappa shape index (κ1) is 13.5. The minimum absolute atomic E-state index is 0.196. The number of halogens is 3. The van der Waals surface area contributed by atoms with Crippen molar-refractivity contribution >= 4 is 6.21 Å². The summed E-state index contributed by atoms with van der Waals surface area (Å²) < 4.78 is 39.4. The average molecular weight is 245 g/mol. The highest BCUT2D eigenvalue weighted by Gasteiger charge is 2.30. The summed E-state index contributed by atoms with van der Waals surface area (Å²) in [4.78, 5) is 4.13. The summed E-state index contributed by atoms with van der Waals surface area (Å²) in [6.07, 6.45) is -1.21. The molecule has 0 amide bonds. The van der Waals surface area contributed by atoms with Crippen LogP contribution >= 0.6 is 0 Å². The molecule has 0 radical (unpaired) electrons. The minimum Gasteiger partial charge on any atom is -0.406 e. The van der Waals surface area contributed by atoms with Gasteiger partial charge in [-0.15, -0.1) is 13.2 Å². The van der Waals surface area contributed by atoms with E-state index in [0.717, 1.165) is 12.0 Å². The van der Waals surface area contributed by atoms with E-state index in [-0.39, 0.29) is 5.75 Å². The van der Waals surface area contributed by atoms with Gasteiger partial charge in [0.25, 0.3) is 0 Å². The summed E-state index contributed by atoms with van der Waals surface area (Å²) in [5.41, 5.74) is 0.938. The zero-order valence-electron chi connectivity index (χ0n) is 9.50. The number of aliphatic imine (C=N–C) groups is 1. The van der Waals surface area contributed by atoms with E-state index in [1.54, 1.807) is 12.1 Å². The molecule has 0 N–H and O–H groups in total. The van der Waals surface area contributed by atoms with Crippen LogP contribution in [-0.2, 0) is 6.42 Å². The lowest BCUT2D eigenvalue weighted by Gasteiger charge is -2.08. The number of hydrogen-bond donors (Lipinski definition) is 0. The van der Waals surface area contributed by atoms with Gasteiger partial charge in [0.05, 0.1) is 0 Å². The van der Waals surface area contributed by atoms with Gasteiger partial charge in [0.1, 0.15) is 5.75 Å². The minimum atomic E-state index is -4.63. The molecular weight excluding hydrogens is 231 g/mol. The molecule has 0 heterocycles. The molecule has 2 nitrogen and oxygen atoms in total. The highest BCUT2D eigenvalue weighted by atomic mass is 19.4. The van der Waals surface area contributed by atoms with Gasteiger partial charge in [-0.3, -0.25) is 4.99 Å². The molecule has 0 saturated carbocycles. The Bertz CT molecular complexity index is 357. The Morgan fingerprint density at radius 1 is 1.24 bits per heavy atom.